The Labute approximate surface area is 106 Å². The van der Waals surface area contributed by atoms with E-state index in [2.05, 4.69) is 28.9 Å². The Kier molecular flexibility index (Phi) is 4.06. The molecule has 1 aliphatic carbocycles. The Morgan fingerprint density at radius 1 is 1.47 bits per heavy atom. The van der Waals surface area contributed by atoms with Crippen molar-refractivity contribution in [3.05, 3.63) is 10.6 Å². The molecule has 1 heterocycles. The van der Waals surface area contributed by atoms with Crippen LogP contribution < -0.4 is 11.3 Å². The lowest BCUT2D eigenvalue weighted by molar-refractivity contribution is 0.700. The van der Waals surface area contributed by atoms with Crippen molar-refractivity contribution in [1.82, 2.24) is 15.0 Å². The van der Waals surface area contributed by atoms with E-state index in [4.69, 9.17) is 10.8 Å². The molecule has 0 unspecified atom stereocenters. The largest absolute Gasteiger partial charge is 0.307 e. The number of hydrazine groups is 1. The van der Waals surface area contributed by atoms with Gasteiger partial charge in [-0.25, -0.2) is 5.84 Å². The van der Waals surface area contributed by atoms with Crippen LogP contribution in [0.5, 0.6) is 0 Å². The lowest BCUT2D eigenvalue weighted by atomic mass is 10.1. The summed E-state index contributed by atoms with van der Waals surface area (Å²) in [5.74, 6) is 6.67. The zero-order valence-electron chi connectivity index (χ0n) is 10.3. The first kappa shape index (κ1) is 12.4. The van der Waals surface area contributed by atoms with Crippen LogP contribution >= 0.6 is 11.5 Å². The van der Waals surface area contributed by atoms with E-state index in [1.165, 1.54) is 24.4 Å². The SMILES string of the molecule is CC(C)c1nnsc1C(=NC1CCCC1)NN. The van der Waals surface area contributed by atoms with E-state index in [9.17, 15) is 0 Å². The monoisotopic (exact) mass is 253 g/mol. The van der Waals surface area contributed by atoms with Crippen molar-refractivity contribution >= 4 is 17.4 Å². The molecule has 0 bridgehead atoms. The predicted molar refractivity (Wildman–Crippen MR) is 70.1 cm³/mol. The Bertz CT molecular complexity index is 392. The van der Waals surface area contributed by atoms with Crippen LogP contribution in [0.15, 0.2) is 4.99 Å². The summed E-state index contributed by atoms with van der Waals surface area (Å²) in [5.41, 5.74) is 3.68. The van der Waals surface area contributed by atoms with Crippen molar-refractivity contribution in [2.75, 3.05) is 0 Å². The second kappa shape index (κ2) is 5.55. The van der Waals surface area contributed by atoms with Crippen molar-refractivity contribution in [3.8, 4) is 0 Å². The van der Waals surface area contributed by atoms with Gasteiger partial charge in [-0.05, 0) is 30.3 Å². The highest BCUT2D eigenvalue weighted by atomic mass is 32.1. The van der Waals surface area contributed by atoms with E-state index in [0.29, 0.717) is 12.0 Å². The number of nitrogens with one attached hydrogen (secondary N) is 1. The number of hydrogen-bond acceptors (Lipinski definition) is 5. The van der Waals surface area contributed by atoms with E-state index in [1.807, 2.05) is 0 Å². The quantitative estimate of drug-likeness (QED) is 0.373. The van der Waals surface area contributed by atoms with Gasteiger partial charge in [0.05, 0.1) is 11.7 Å². The minimum atomic E-state index is 0.339. The zero-order chi connectivity index (χ0) is 12.3. The Morgan fingerprint density at radius 3 is 2.76 bits per heavy atom. The molecule has 1 aromatic heterocycles. The number of rotatable bonds is 3. The van der Waals surface area contributed by atoms with Gasteiger partial charge >= 0.3 is 0 Å². The van der Waals surface area contributed by atoms with Gasteiger partial charge in [0, 0.05) is 0 Å². The van der Waals surface area contributed by atoms with Gasteiger partial charge in [-0.1, -0.05) is 31.2 Å². The summed E-state index contributed by atoms with van der Waals surface area (Å²) < 4.78 is 4.00. The number of nitrogens with zero attached hydrogens (tertiary/aromatic N) is 3. The molecular weight excluding hydrogens is 234 g/mol. The standard InChI is InChI=1S/C11H19N5S/c1-7(2)9-10(17-16-15-9)11(14-12)13-8-5-3-4-6-8/h7-8H,3-6,12H2,1-2H3,(H,13,14). The molecule has 1 fully saturated rings. The van der Waals surface area contributed by atoms with E-state index in [0.717, 1.165) is 29.2 Å². The van der Waals surface area contributed by atoms with E-state index < -0.39 is 0 Å². The molecule has 0 saturated heterocycles. The fourth-order valence-corrected chi connectivity index (χ4v) is 2.90. The minimum absolute atomic E-state index is 0.339. The summed E-state index contributed by atoms with van der Waals surface area (Å²) in [7, 11) is 0. The molecule has 0 radical (unpaired) electrons. The highest BCUT2D eigenvalue weighted by Crippen LogP contribution is 2.24. The van der Waals surface area contributed by atoms with Gasteiger partial charge < -0.3 is 5.43 Å². The lowest BCUT2D eigenvalue weighted by Gasteiger charge is -2.09. The maximum absolute atomic E-state index is 5.58. The van der Waals surface area contributed by atoms with Crippen LogP contribution in [0, 0.1) is 0 Å². The van der Waals surface area contributed by atoms with Crippen LogP contribution in [-0.4, -0.2) is 21.5 Å². The van der Waals surface area contributed by atoms with Crippen molar-refractivity contribution < 1.29 is 0 Å². The fraction of sp³-hybridized carbons (Fsp3) is 0.727. The van der Waals surface area contributed by atoms with Crippen molar-refractivity contribution in [2.45, 2.75) is 51.5 Å². The van der Waals surface area contributed by atoms with Crippen LogP contribution in [0.3, 0.4) is 0 Å². The minimum Gasteiger partial charge on any atom is -0.307 e. The Morgan fingerprint density at radius 2 is 2.18 bits per heavy atom. The molecule has 0 spiro atoms. The molecule has 17 heavy (non-hydrogen) atoms. The number of amidine groups is 1. The molecule has 1 saturated carbocycles. The highest BCUT2D eigenvalue weighted by molar-refractivity contribution is 7.08. The molecule has 2 rings (SSSR count). The maximum Gasteiger partial charge on any atom is 0.156 e. The fourth-order valence-electron chi connectivity index (χ4n) is 2.12. The molecule has 6 heteroatoms. The molecule has 0 amide bonds. The third kappa shape index (κ3) is 2.81. The first-order valence-corrected chi connectivity index (χ1v) is 6.86. The van der Waals surface area contributed by atoms with E-state index >= 15 is 0 Å². The molecule has 94 valence electrons. The van der Waals surface area contributed by atoms with Crippen molar-refractivity contribution in [2.24, 2.45) is 10.8 Å². The van der Waals surface area contributed by atoms with Crippen LogP contribution in [0.1, 0.15) is 56.0 Å². The molecule has 1 aliphatic rings. The van der Waals surface area contributed by atoms with Crippen LogP contribution in [0.4, 0.5) is 0 Å². The highest BCUT2D eigenvalue weighted by Gasteiger charge is 2.19. The molecule has 0 aromatic carbocycles. The predicted octanol–water partition coefficient (Wildman–Crippen LogP) is 1.81. The third-order valence-corrected chi connectivity index (χ3v) is 3.80. The van der Waals surface area contributed by atoms with E-state index in [1.54, 1.807) is 0 Å². The molecule has 1 aromatic rings. The summed E-state index contributed by atoms with van der Waals surface area (Å²) in [6.07, 6.45) is 4.86. The lowest BCUT2D eigenvalue weighted by Crippen LogP contribution is -2.32. The third-order valence-electron chi connectivity index (χ3n) is 3.05. The number of aliphatic imine (C=N–C) groups is 1. The van der Waals surface area contributed by atoms with E-state index in [-0.39, 0.29) is 0 Å². The molecule has 5 nitrogen and oxygen atoms in total. The number of nitrogens with two attached hydrogens (primary N) is 1. The first-order valence-electron chi connectivity index (χ1n) is 6.09. The van der Waals surface area contributed by atoms with Gasteiger partial charge in [0.25, 0.3) is 0 Å². The number of hydrogen-bond donors (Lipinski definition) is 2. The summed E-state index contributed by atoms with van der Waals surface area (Å²) in [6, 6.07) is 0.406. The van der Waals surface area contributed by atoms with Crippen LogP contribution in [0.25, 0.3) is 0 Å². The summed E-state index contributed by atoms with van der Waals surface area (Å²) in [6.45, 7) is 4.20. The van der Waals surface area contributed by atoms with Gasteiger partial charge in [0.2, 0.25) is 0 Å². The number of aromatic nitrogens is 2. The second-order valence-corrected chi connectivity index (χ2v) is 5.46. The topological polar surface area (TPSA) is 76.2 Å². The molecule has 0 aliphatic heterocycles. The maximum atomic E-state index is 5.58. The van der Waals surface area contributed by atoms with Gasteiger partial charge in [0.1, 0.15) is 4.88 Å². The van der Waals surface area contributed by atoms with Gasteiger partial charge in [-0.3, -0.25) is 4.99 Å². The van der Waals surface area contributed by atoms with Crippen LogP contribution in [-0.2, 0) is 0 Å². The Hall–Kier alpha value is -1.01. The van der Waals surface area contributed by atoms with Crippen molar-refractivity contribution in [1.29, 1.82) is 0 Å². The van der Waals surface area contributed by atoms with Gasteiger partial charge in [-0.15, -0.1) is 5.10 Å². The average Bonchev–Trinajstić information content (AvgIpc) is 2.96. The molecular formula is C11H19N5S. The average molecular weight is 253 g/mol. The molecule has 3 N–H and O–H groups in total. The summed E-state index contributed by atoms with van der Waals surface area (Å²) in [5, 5.41) is 4.15. The summed E-state index contributed by atoms with van der Waals surface area (Å²) >= 11 is 1.36. The van der Waals surface area contributed by atoms with Crippen molar-refractivity contribution in [3.63, 3.8) is 0 Å². The van der Waals surface area contributed by atoms with Gasteiger partial charge in [-0.2, -0.15) is 0 Å². The Balaban J connectivity index is 2.24. The normalized spacial score (nSPS) is 18.0. The second-order valence-electron chi connectivity index (χ2n) is 4.70. The summed E-state index contributed by atoms with van der Waals surface area (Å²) in [4.78, 5) is 5.67. The smallest absolute Gasteiger partial charge is 0.156 e. The van der Waals surface area contributed by atoms with Gasteiger partial charge in [0.15, 0.2) is 5.84 Å². The first-order chi connectivity index (χ1) is 8.22. The molecule has 0 atom stereocenters. The van der Waals surface area contributed by atoms with Crippen LogP contribution in [0.2, 0.25) is 0 Å². The zero-order valence-corrected chi connectivity index (χ0v) is 11.1.